The summed E-state index contributed by atoms with van der Waals surface area (Å²) in [6.07, 6.45) is 5.39. The molecule has 0 spiro atoms. The molecule has 98 valence electrons. The number of nitrogens with zero attached hydrogens (tertiary/aromatic N) is 3. The lowest BCUT2D eigenvalue weighted by atomic mass is 10.1. The average Bonchev–Trinajstić information content (AvgIpc) is 3.28. The number of rotatable bonds is 4. The Labute approximate surface area is 111 Å². The third-order valence-corrected chi connectivity index (χ3v) is 3.35. The van der Waals surface area contributed by atoms with E-state index < -0.39 is 0 Å². The van der Waals surface area contributed by atoms with Gasteiger partial charge in [0.25, 0.3) is 5.91 Å². The third-order valence-electron chi connectivity index (χ3n) is 3.35. The molecule has 0 unspecified atom stereocenters. The highest BCUT2D eigenvalue weighted by molar-refractivity contribution is 6.04. The van der Waals surface area contributed by atoms with Gasteiger partial charge in [-0.1, -0.05) is 6.07 Å². The Hall–Kier alpha value is -2.01. The van der Waals surface area contributed by atoms with E-state index in [-0.39, 0.29) is 5.91 Å². The van der Waals surface area contributed by atoms with Gasteiger partial charge in [-0.3, -0.25) is 14.8 Å². The van der Waals surface area contributed by atoms with Crippen LogP contribution in [0.5, 0.6) is 0 Å². The number of aromatic nitrogens is 2. The molecular formula is C14H16N4O. The van der Waals surface area contributed by atoms with Crippen LogP contribution >= 0.6 is 0 Å². The number of carbonyl (C=O) groups is 1. The molecule has 0 radical (unpaired) electrons. The highest BCUT2D eigenvalue weighted by Crippen LogP contribution is 2.28. The van der Waals surface area contributed by atoms with Crippen molar-refractivity contribution in [3.8, 4) is 0 Å². The summed E-state index contributed by atoms with van der Waals surface area (Å²) >= 11 is 0. The Morgan fingerprint density at radius 3 is 2.84 bits per heavy atom. The predicted octanol–water partition coefficient (Wildman–Crippen LogP) is 1.19. The zero-order valence-corrected chi connectivity index (χ0v) is 10.6. The van der Waals surface area contributed by atoms with Crippen LogP contribution in [-0.2, 0) is 0 Å². The Balaban J connectivity index is 2.00. The molecule has 0 aliphatic heterocycles. The molecule has 2 aromatic rings. The maximum absolute atomic E-state index is 12.6. The van der Waals surface area contributed by atoms with Crippen LogP contribution in [0, 0.1) is 0 Å². The summed E-state index contributed by atoms with van der Waals surface area (Å²) in [6, 6.07) is 5.87. The van der Waals surface area contributed by atoms with Crippen LogP contribution in [0.3, 0.4) is 0 Å². The lowest BCUT2D eigenvalue weighted by molar-refractivity contribution is 0.0750. The number of benzene rings is 1. The minimum atomic E-state index is 0.0130. The summed E-state index contributed by atoms with van der Waals surface area (Å²) < 4.78 is 0. The minimum Gasteiger partial charge on any atom is -0.334 e. The van der Waals surface area contributed by atoms with Crippen molar-refractivity contribution in [1.82, 2.24) is 14.9 Å². The van der Waals surface area contributed by atoms with Gasteiger partial charge < -0.3 is 10.6 Å². The Morgan fingerprint density at radius 1 is 1.32 bits per heavy atom. The average molecular weight is 256 g/mol. The highest BCUT2D eigenvalue weighted by Gasteiger charge is 2.33. The van der Waals surface area contributed by atoms with Gasteiger partial charge in [0.1, 0.15) is 5.52 Å². The molecule has 5 nitrogen and oxygen atoms in total. The predicted molar refractivity (Wildman–Crippen MR) is 72.7 cm³/mol. The van der Waals surface area contributed by atoms with Crippen LogP contribution in [-0.4, -0.2) is 39.9 Å². The molecule has 1 saturated carbocycles. The molecule has 1 amide bonds. The van der Waals surface area contributed by atoms with Gasteiger partial charge in [-0.25, -0.2) is 0 Å². The van der Waals surface area contributed by atoms with Crippen LogP contribution in [0.1, 0.15) is 23.2 Å². The van der Waals surface area contributed by atoms with Gasteiger partial charge >= 0.3 is 0 Å². The van der Waals surface area contributed by atoms with E-state index in [4.69, 9.17) is 5.73 Å². The lowest BCUT2D eigenvalue weighted by Crippen LogP contribution is -2.37. The highest BCUT2D eigenvalue weighted by atomic mass is 16.2. The fraction of sp³-hybridized carbons (Fsp3) is 0.357. The second-order valence-electron chi connectivity index (χ2n) is 4.75. The normalized spacial score (nSPS) is 14.6. The van der Waals surface area contributed by atoms with Gasteiger partial charge in [0, 0.05) is 31.5 Å². The number of para-hydroxylation sites is 1. The summed E-state index contributed by atoms with van der Waals surface area (Å²) in [6.45, 7) is 1.08. The molecule has 0 atom stereocenters. The van der Waals surface area contributed by atoms with Gasteiger partial charge in [-0.15, -0.1) is 0 Å². The first-order valence-electron chi connectivity index (χ1n) is 6.52. The summed E-state index contributed by atoms with van der Waals surface area (Å²) in [4.78, 5) is 23.0. The topological polar surface area (TPSA) is 72.1 Å². The van der Waals surface area contributed by atoms with Crippen molar-refractivity contribution < 1.29 is 4.79 Å². The van der Waals surface area contributed by atoms with Crippen molar-refractivity contribution in [3.63, 3.8) is 0 Å². The monoisotopic (exact) mass is 256 g/mol. The van der Waals surface area contributed by atoms with Gasteiger partial charge in [0.05, 0.1) is 11.1 Å². The van der Waals surface area contributed by atoms with E-state index in [0.717, 1.165) is 18.4 Å². The number of hydrogen-bond donors (Lipinski definition) is 1. The largest absolute Gasteiger partial charge is 0.334 e. The molecule has 1 aromatic heterocycles. The number of hydrogen-bond acceptors (Lipinski definition) is 4. The van der Waals surface area contributed by atoms with Crippen LogP contribution < -0.4 is 5.73 Å². The maximum Gasteiger partial charge on any atom is 0.256 e. The number of carbonyl (C=O) groups excluding carboxylic acids is 1. The number of amides is 1. The standard InChI is InChI=1S/C14H16N4O/c15-6-9-18(10-4-5-10)14(19)11-2-1-3-12-13(11)17-8-7-16-12/h1-3,7-8,10H,4-6,9,15H2. The first kappa shape index (κ1) is 12.0. The molecule has 3 rings (SSSR count). The summed E-state index contributed by atoms with van der Waals surface area (Å²) in [5.41, 5.74) is 7.63. The molecule has 19 heavy (non-hydrogen) atoms. The minimum absolute atomic E-state index is 0.0130. The van der Waals surface area contributed by atoms with E-state index in [1.54, 1.807) is 12.4 Å². The van der Waals surface area contributed by atoms with Crippen molar-refractivity contribution in [2.24, 2.45) is 5.73 Å². The van der Waals surface area contributed by atoms with Crippen molar-refractivity contribution in [3.05, 3.63) is 36.2 Å². The molecule has 1 heterocycles. The number of fused-ring (bicyclic) bond motifs is 1. The fourth-order valence-electron chi connectivity index (χ4n) is 2.30. The third kappa shape index (κ3) is 2.29. The molecule has 0 bridgehead atoms. The zero-order chi connectivity index (χ0) is 13.2. The van der Waals surface area contributed by atoms with Gasteiger partial charge in [0.15, 0.2) is 0 Å². The van der Waals surface area contributed by atoms with Crippen molar-refractivity contribution in [2.75, 3.05) is 13.1 Å². The van der Waals surface area contributed by atoms with Crippen LogP contribution in [0.15, 0.2) is 30.6 Å². The van der Waals surface area contributed by atoms with Crippen LogP contribution in [0.4, 0.5) is 0 Å². The molecule has 1 aliphatic carbocycles. The van der Waals surface area contributed by atoms with Gasteiger partial charge in [-0.05, 0) is 25.0 Å². The van der Waals surface area contributed by atoms with Crippen LogP contribution in [0.2, 0.25) is 0 Å². The summed E-state index contributed by atoms with van der Waals surface area (Å²) in [7, 11) is 0. The Morgan fingerprint density at radius 2 is 2.11 bits per heavy atom. The Bertz CT molecular complexity index is 604. The summed E-state index contributed by atoms with van der Waals surface area (Å²) in [5.74, 6) is 0.0130. The van der Waals surface area contributed by atoms with Gasteiger partial charge in [0.2, 0.25) is 0 Å². The molecule has 1 aliphatic rings. The SMILES string of the molecule is NCCN(C(=O)c1cccc2nccnc12)C1CC1. The van der Waals surface area contributed by atoms with E-state index in [2.05, 4.69) is 9.97 Å². The second-order valence-corrected chi connectivity index (χ2v) is 4.75. The van der Waals surface area contributed by atoms with Crippen molar-refractivity contribution in [1.29, 1.82) is 0 Å². The first-order chi connectivity index (χ1) is 9.31. The van der Waals surface area contributed by atoms with E-state index in [1.807, 2.05) is 23.1 Å². The van der Waals surface area contributed by atoms with E-state index in [9.17, 15) is 4.79 Å². The Kier molecular flexibility index (Phi) is 3.13. The quantitative estimate of drug-likeness (QED) is 0.892. The molecule has 0 saturated heterocycles. The van der Waals surface area contributed by atoms with Gasteiger partial charge in [-0.2, -0.15) is 0 Å². The van der Waals surface area contributed by atoms with Crippen molar-refractivity contribution in [2.45, 2.75) is 18.9 Å². The number of nitrogens with two attached hydrogens (primary N) is 1. The fourth-order valence-corrected chi connectivity index (χ4v) is 2.30. The lowest BCUT2D eigenvalue weighted by Gasteiger charge is -2.22. The second kappa shape index (κ2) is 4.93. The molecule has 1 aromatic carbocycles. The molecule has 5 heteroatoms. The van der Waals surface area contributed by atoms with Crippen molar-refractivity contribution >= 4 is 16.9 Å². The first-order valence-corrected chi connectivity index (χ1v) is 6.52. The summed E-state index contributed by atoms with van der Waals surface area (Å²) in [5, 5.41) is 0. The van der Waals surface area contributed by atoms with E-state index in [1.165, 1.54) is 0 Å². The van der Waals surface area contributed by atoms with E-state index in [0.29, 0.717) is 30.2 Å². The zero-order valence-electron chi connectivity index (χ0n) is 10.6. The molecule has 1 fully saturated rings. The molecular weight excluding hydrogens is 240 g/mol. The van der Waals surface area contributed by atoms with E-state index >= 15 is 0 Å². The molecule has 2 N–H and O–H groups in total. The van der Waals surface area contributed by atoms with Crippen LogP contribution in [0.25, 0.3) is 11.0 Å². The smallest absolute Gasteiger partial charge is 0.256 e. The maximum atomic E-state index is 12.6.